The molecule has 0 aliphatic rings. The monoisotopic (exact) mass is 366 g/mol. The second kappa shape index (κ2) is 7.97. The normalized spacial score (nSPS) is 12.0. The van der Waals surface area contributed by atoms with Gasteiger partial charge in [0.25, 0.3) is 0 Å². The summed E-state index contributed by atoms with van der Waals surface area (Å²) in [6.45, 7) is 5.40. The fraction of sp³-hybridized carbons (Fsp3) is 0.529. The molecule has 1 aromatic heterocycles. The molecule has 138 valence electrons. The summed E-state index contributed by atoms with van der Waals surface area (Å²) >= 11 is 0. The summed E-state index contributed by atoms with van der Waals surface area (Å²) in [4.78, 5) is 16.6. The highest BCUT2D eigenvalue weighted by Gasteiger charge is 2.19. The maximum atomic E-state index is 12.3. The van der Waals surface area contributed by atoms with Crippen LogP contribution in [0, 0.1) is 0 Å². The highest BCUT2D eigenvalue weighted by atomic mass is 32.2. The van der Waals surface area contributed by atoms with Gasteiger partial charge in [-0.15, -0.1) is 0 Å². The van der Waals surface area contributed by atoms with Crippen molar-refractivity contribution in [2.24, 2.45) is 0 Å². The molecule has 2 rings (SSSR count). The van der Waals surface area contributed by atoms with Gasteiger partial charge >= 0.3 is 0 Å². The second-order valence-corrected chi connectivity index (χ2v) is 8.21. The van der Waals surface area contributed by atoms with E-state index >= 15 is 0 Å². The quantitative estimate of drug-likeness (QED) is 0.772. The van der Waals surface area contributed by atoms with Gasteiger partial charge in [0.05, 0.1) is 15.9 Å². The molecule has 25 heavy (non-hydrogen) atoms. The van der Waals surface area contributed by atoms with Crippen LogP contribution in [0.4, 0.5) is 0 Å². The summed E-state index contributed by atoms with van der Waals surface area (Å²) in [6.07, 6.45) is 1.79. The lowest BCUT2D eigenvalue weighted by Crippen LogP contribution is -2.24. The van der Waals surface area contributed by atoms with E-state index in [0.29, 0.717) is 31.4 Å². The van der Waals surface area contributed by atoms with Gasteiger partial charge in [0.15, 0.2) is 0 Å². The van der Waals surface area contributed by atoms with Crippen LogP contribution >= 0.6 is 0 Å². The number of benzene rings is 1. The number of carbonyl (C=O) groups is 1. The standard InChI is InChI=1S/C17H26N4O3S/c1-5-11-18-17(22)10-9-16-19-14-12-13(25(23,24)20(3)4)7-8-15(14)21(16)6-2/h7-8,12H,5-6,9-11H2,1-4H3,(H,18,22). The number of nitrogens with one attached hydrogen (secondary N) is 1. The summed E-state index contributed by atoms with van der Waals surface area (Å²) in [6, 6.07) is 4.98. The average Bonchev–Trinajstić information content (AvgIpc) is 2.94. The van der Waals surface area contributed by atoms with Crippen LogP contribution in [0.2, 0.25) is 0 Å². The molecule has 0 fully saturated rings. The molecule has 8 heteroatoms. The molecule has 0 aliphatic carbocycles. The van der Waals surface area contributed by atoms with Gasteiger partial charge < -0.3 is 9.88 Å². The summed E-state index contributed by atoms with van der Waals surface area (Å²) < 4.78 is 27.8. The highest BCUT2D eigenvalue weighted by molar-refractivity contribution is 7.89. The molecular formula is C17H26N4O3S. The first-order chi connectivity index (χ1) is 11.8. The third-order valence-corrected chi connectivity index (χ3v) is 5.85. The number of aromatic nitrogens is 2. The zero-order valence-corrected chi connectivity index (χ0v) is 16.1. The van der Waals surface area contributed by atoms with E-state index in [1.807, 2.05) is 18.4 Å². The lowest BCUT2D eigenvalue weighted by atomic mass is 10.2. The third kappa shape index (κ3) is 4.19. The van der Waals surface area contributed by atoms with Crippen LogP contribution in [0.15, 0.2) is 23.1 Å². The summed E-state index contributed by atoms with van der Waals surface area (Å²) in [7, 11) is -0.486. The third-order valence-electron chi connectivity index (χ3n) is 4.04. The van der Waals surface area contributed by atoms with E-state index in [1.54, 1.807) is 18.2 Å². The van der Waals surface area contributed by atoms with Crippen molar-refractivity contribution in [2.75, 3.05) is 20.6 Å². The van der Waals surface area contributed by atoms with Crippen LogP contribution in [0.25, 0.3) is 11.0 Å². The molecular weight excluding hydrogens is 340 g/mol. The van der Waals surface area contributed by atoms with Crippen molar-refractivity contribution < 1.29 is 13.2 Å². The van der Waals surface area contributed by atoms with Crippen molar-refractivity contribution >= 4 is 27.0 Å². The second-order valence-electron chi connectivity index (χ2n) is 6.06. The molecule has 0 bridgehead atoms. The van der Waals surface area contributed by atoms with E-state index in [9.17, 15) is 13.2 Å². The van der Waals surface area contributed by atoms with Crippen molar-refractivity contribution in [1.82, 2.24) is 19.2 Å². The minimum absolute atomic E-state index is 0.00688. The first kappa shape index (κ1) is 19.4. The number of fused-ring (bicyclic) bond motifs is 1. The minimum Gasteiger partial charge on any atom is -0.356 e. The number of hydrogen-bond acceptors (Lipinski definition) is 4. The number of sulfonamides is 1. The maximum Gasteiger partial charge on any atom is 0.242 e. The Balaban J connectivity index is 2.31. The Morgan fingerprint density at radius 2 is 2.00 bits per heavy atom. The Morgan fingerprint density at radius 3 is 2.60 bits per heavy atom. The van der Waals surface area contributed by atoms with Crippen LogP contribution in [0.5, 0.6) is 0 Å². The first-order valence-electron chi connectivity index (χ1n) is 8.49. The van der Waals surface area contributed by atoms with Crippen molar-refractivity contribution in [1.29, 1.82) is 0 Å². The summed E-state index contributed by atoms with van der Waals surface area (Å²) in [5.74, 6) is 0.802. The molecule has 0 radical (unpaired) electrons. The predicted molar refractivity (Wildman–Crippen MR) is 97.9 cm³/mol. The van der Waals surface area contributed by atoms with Crippen molar-refractivity contribution in [2.45, 2.75) is 44.6 Å². The molecule has 0 aliphatic heterocycles. The number of rotatable bonds is 8. The SMILES string of the molecule is CCCNC(=O)CCc1nc2cc(S(=O)(=O)N(C)C)ccc2n1CC. The molecule has 7 nitrogen and oxygen atoms in total. The topological polar surface area (TPSA) is 84.3 Å². The molecule has 1 heterocycles. The fourth-order valence-corrected chi connectivity index (χ4v) is 3.57. The molecule has 0 unspecified atom stereocenters. The first-order valence-corrected chi connectivity index (χ1v) is 9.93. The molecule has 1 aromatic carbocycles. The van der Waals surface area contributed by atoms with Crippen molar-refractivity contribution in [3.8, 4) is 0 Å². The van der Waals surface area contributed by atoms with Crippen LogP contribution in [-0.4, -0.2) is 48.8 Å². The fourth-order valence-electron chi connectivity index (χ4n) is 2.65. The zero-order valence-electron chi connectivity index (χ0n) is 15.2. The Bertz CT molecular complexity index is 856. The Labute approximate surface area is 149 Å². The van der Waals surface area contributed by atoms with E-state index in [0.717, 1.165) is 17.8 Å². The Morgan fingerprint density at radius 1 is 1.28 bits per heavy atom. The smallest absolute Gasteiger partial charge is 0.242 e. The summed E-state index contributed by atoms with van der Waals surface area (Å²) in [5.41, 5.74) is 1.51. The lowest BCUT2D eigenvalue weighted by molar-refractivity contribution is -0.121. The van der Waals surface area contributed by atoms with Gasteiger partial charge in [-0.1, -0.05) is 6.92 Å². The molecule has 1 amide bonds. The number of imidazole rings is 1. The number of amides is 1. The van der Waals surface area contributed by atoms with Gasteiger partial charge in [-0.25, -0.2) is 17.7 Å². The van der Waals surface area contributed by atoms with Gasteiger partial charge in [-0.2, -0.15) is 0 Å². The van der Waals surface area contributed by atoms with E-state index in [4.69, 9.17) is 0 Å². The molecule has 0 atom stereocenters. The van der Waals surface area contributed by atoms with Crippen LogP contribution < -0.4 is 5.32 Å². The van der Waals surface area contributed by atoms with Gasteiger partial charge in [0, 0.05) is 40.0 Å². The van der Waals surface area contributed by atoms with Crippen molar-refractivity contribution in [3.63, 3.8) is 0 Å². The van der Waals surface area contributed by atoms with E-state index in [1.165, 1.54) is 18.4 Å². The number of hydrogen-bond donors (Lipinski definition) is 1. The van der Waals surface area contributed by atoms with Crippen LogP contribution in [0.3, 0.4) is 0 Å². The average molecular weight is 366 g/mol. The van der Waals surface area contributed by atoms with Crippen molar-refractivity contribution in [3.05, 3.63) is 24.0 Å². The number of aryl methyl sites for hydroxylation is 2. The van der Waals surface area contributed by atoms with Gasteiger partial charge in [0.2, 0.25) is 15.9 Å². The highest BCUT2D eigenvalue weighted by Crippen LogP contribution is 2.22. The van der Waals surface area contributed by atoms with Crippen LogP contribution in [0.1, 0.15) is 32.5 Å². The summed E-state index contributed by atoms with van der Waals surface area (Å²) in [5, 5.41) is 2.85. The minimum atomic E-state index is -3.49. The van der Waals surface area contributed by atoms with E-state index in [-0.39, 0.29) is 10.8 Å². The van der Waals surface area contributed by atoms with E-state index in [2.05, 4.69) is 10.3 Å². The van der Waals surface area contributed by atoms with Gasteiger partial charge in [-0.3, -0.25) is 4.79 Å². The largest absolute Gasteiger partial charge is 0.356 e. The molecule has 1 N–H and O–H groups in total. The number of carbonyl (C=O) groups excluding carboxylic acids is 1. The van der Waals surface area contributed by atoms with Gasteiger partial charge in [-0.05, 0) is 31.5 Å². The molecule has 0 saturated heterocycles. The van der Waals surface area contributed by atoms with Gasteiger partial charge in [0.1, 0.15) is 5.82 Å². The van der Waals surface area contributed by atoms with E-state index < -0.39 is 10.0 Å². The Kier molecular flexibility index (Phi) is 6.18. The molecule has 2 aromatic rings. The maximum absolute atomic E-state index is 12.3. The number of nitrogens with zero attached hydrogens (tertiary/aromatic N) is 3. The van der Waals surface area contributed by atoms with Crippen LogP contribution in [-0.2, 0) is 27.8 Å². The zero-order chi connectivity index (χ0) is 18.6. The molecule has 0 saturated carbocycles. The molecule has 0 spiro atoms. The predicted octanol–water partition coefficient (Wildman–Crippen LogP) is 1.77. The lowest BCUT2D eigenvalue weighted by Gasteiger charge is -2.11. The Hall–Kier alpha value is -1.93.